The van der Waals surface area contributed by atoms with E-state index in [4.69, 9.17) is 9.72 Å². The number of hydrogen-bond donors (Lipinski definition) is 1. The van der Waals surface area contributed by atoms with E-state index in [-0.39, 0.29) is 23.7 Å². The number of nitrogens with zero attached hydrogens (tertiary/aromatic N) is 2. The Hall–Kier alpha value is -2.41. The number of benzene rings is 1. The van der Waals surface area contributed by atoms with Gasteiger partial charge in [-0.3, -0.25) is 9.59 Å². The summed E-state index contributed by atoms with van der Waals surface area (Å²) >= 11 is 1.69. The van der Waals surface area contributed by atoms with Gasteiger partial charge in [-0.25, -0.2) is 4.98 Å². The molecule has 1 aromatic heterocycles. The zero-order chi connectivity index (χ0) is 22.4. The van der Waals surface area contributed by atoms with Gasteiger partial charge in [0.2, 0.25) is 5.91 Å². The van der Waals surface area contributed by atoms with E-state index in [1.807, 2.05) is 31.7 Å². The van der Waals surface area contributed by atoms with Crippen LogP contribution in [0.2, 0.25) is 0 Å². The molecule has 2 atom stereocenters. The highest BCUT2D eigenvalue weighted by Gasteiger charge is 2.33. The lowest BCUT2D eigenvalue weighted by Crippen LogP contribution is -2.53. The lowest BCUT2D eigenvalue weighted by molar-refractivity contribution is -0.135. The number of amides is 2. The van der Waals surface area contributed by atoms with Gasteiger partial charge in [-0.2, -0.15) is 0 Å². The van der Waals surface area contributed by atoms with Gasteiger partial charge in [-0.15, -0.1) is 11.3 Å². The highest BCUT2D eigenvalue weighted by molar-refractivity contribution is 7.09. The van der Waals surface area contributed by atoms with E-state index in [0.29, 0.717) is 24.5 Å². The van der Waals surface area contributed by atoms with Crippen molar-refractivity contribution in [1.82, 2.24) is 15.2 Å². The van der Waals surface area contributed by atoms with Crippen molar-refractivity contribution in [3.05, 3.63) is 45.9 Å². The number of aromatic nitrogens is 1. The first-order chi connectivity index (χ1) is 14.9. The summed E-state index contributed by atoms with van der Waals surface area (Å²) in [6, 6.07) is 6.56. The van der Waals surface area contributed by atoms with Crippen LogP contribution in [0.5, 0.6) is 5.75 Å². The molecule has 1 fully saturated rings. The van der Waals surface area contributed by atoms with Gasteiger partial charge < -0.3 is 15.0 Å². The SMILES string of the molecule is CCOc1ccccc1C(=O)NC(C(=O)N1CCCC(c2nc(CC)cs2)C1)C(C)C. The van der Waals surface area contributed by atoms with Gasteiger partial charge in [0.25, 0.3) is 5.91 Å². The predicted octanol–water partition coefficient (Wildman–Crippen LogP) is 4.26. The number of carbonyl (C=O) groups excluding carboxylic acids is 2. The van der Waals surface area contributed by atoms with Crippen LogP contribution < -0.4 is 10.1 Å². The quantitative estimate of drug-likeness (QED) is 0.662. The maximum absolute atomic E-state index is 13.4. The number of rotatable bonds is 8. The lowest BCUT2D eigenvalue weighted by Gasteiger charge is -2.35. The van der Waals surface area contributed by atoms with E-state index < -0.39 is 6.04 Å². The van der Waals surface area contributed by atoms with Gasteiger partial charge >= 0.3 is 0 Å². The molecular weight excluding hydrogens is 410 g/mol. The summed E-state index contributed by atoms with van der Waals surface area (Å²) in [6.07, 6.45) is 2.92. The Morgan fingerprint density at radius 3 is 2.74 bits per heavy atom. The van der Waals surface area contributed by atoms with E-state index in [9.17, 15) is 9.59 Å². The first kappa shape index (κ1) is 23.3. The highest BCUT2D eigenvalue weighted by atomic mass is 32.1. The molecule has 0 radical (unpaired) electrons. The second-order valence-corrected chi connectivity index (χ2v) is 9.17. The summed E-state index contributed by atoms with van der Waals surface area (Å²) in [7, 11) is 0. The van der Waals surface area contributed by atoms with Gasteiger partial charge in [-0.05, 0) is 44.2 Å². The smallest absolute Gasteiger partial charge is 0.255 e. The van der Waals surface area contributed by atoms with Crippen LogP contribution >= 0.6 is 11.3 Å². The van der Waals surface area contributed by atoms with Crippen LogP contribution in [-0.2, 0) is 11.2 Å². The van der Waals surface area contributed by atoms with Crippen molar-refractivity contribution < 1.29 is 14.3 Å². The standard InChI is InChI=1S/C24H33N3O3S/c1-5-18-15-31-23(25-18)17-10-9-13-27(14-17)24(29)21(16(3)4)26-22(28)19-11-7-8-12-20(19)30-6-2/h7-8,11-12,15-17,21H,5-6,9-10,13-14H2,1-4H3,(H,26,28). The predicted molar refractivity (Wildman–Crippen MR) is 124 cm³/mol. The first-order valence-electron chi connectivity index (χ1n) is 11.2. The number of aryl methyl sites for hydroxylation is 1. The largest absolute Gasteiger partial charge is 0.493 e. The number of carbonyl (C=O) groups is 2. The minimum Gasteiger partial charge on any atom is -0.493 e. The molecular formula is C24H33N3O3S. The molecule has 7 heteroatoms. The molecule has 168 valence electrons. The van der Waals surface area contributed by atoms with Gasteiger partial charge in [0, 0.05) is 24.4 Å². The highest BCUT2D eigenvalue weighted by Crippen LogP contribution is 2.30. The number of hydrogen-bond acceptors (Lipinski definition) is 5. The third-order valence-corrected chi connectivity index (χ3v) is 6.72. The van der Waals surface area contributed by atoms with Crippen LogP contribution in [0, 0.1) is 5.92 Å². The normalized spacial score (nSPS) is 17.5. The van der Waals surface area contributed by atoms with Crippen molar-refractivity contribution in [2.45, 2.75) is 58.9 Å². The number of thiazole rings is 1. The van der Waals surface area contributed by atoms with E-state index in [1.165, 1.54) is 0 Å². The van der Waals surface area contributed by atoms with Gasteiger partial charge in [0.15, 0.2) is 0 Å². The average molecular weight is 444 g/mol. The molecule has 2 aromatic rings. The molecule has 0 aliphatic carbocycles. The average Bonchev–Trinajstić information content (AvgIpc) is 3.27. The van der Waals surface area contributed by atoms with Crippen LogP contribution in [0.15, 0.2) is 29.6 Å². The topological polar surface area (TPSA) is 71.5 Å². The molecule has 2 heterocycles. The molecule has 31 heavy (non-hydrogen) atoms. The Morgan fingerprint density at radius 1 is 1.29 bits per heavy atom. The zero-order valence-corrected chi connectivity index (χ0v) is 19.7. The molecule has 3 rings (SSSR count). The van der Waals surface area contributed by atoms with Crippen molar-refractivity contribution >= 4 is 23.2 Å². The van der Waals surface area contributed by atoms with Crippen LogP contribution in [0.25, 0.3) is 0 Å². The van der Waals surface area contributed by atoms with Crippen LogP contribution in [-0.4, -0.2) is 47.4 Å². The van der Waals surface area contributed by atoms with Crippen molar-refractivity contribution in [3.8, 4) is 5.75 Å². The lowest BCUT2D eigenvalue weighted by atomic mass is 9.96. The van der Waals surface area contributed by atoms with Gasteiger partial charge in [-0.1, -0.05) is 32.9 Å². The summed E-state index contributed by atoms with van der Waals surface area (Å²) in [4.78, 5) is 33.1. The number of likely N-dealkylation sites (tertiary alicyclic amines) is 1. The van der Waals surface area contributed by atoms with E-state index >= 15 is 0 Å². The maximum atomic E-state index is 13.4. The zero-order valence-electron chi connectivity index (χ0n) is 18.9. The van der Waals surface area contributed by atoms with Crippen LogP contribution in [0.4, 0.5) is 0 Å². The summed E-state index contributed by atoms with van der Waals surface area (Å²) in [5, 5.41) is 6.20. The summed E-state index contributed by atoms with van der Waals surface area (Å²) in [5.74, 6) is 0.477. The molecule has 1 aliphatic heterocycles. The molecule has 1 aliphatic rings. The molecule has 1 aromatic carbocycles. The molecule has 0 spiro atoms. The number of nitrogens with one attached hydrogen (secondary N) is 1. The fourth-order valence-corrected chi connectivity index (χ4v) is 4.95. The van der Waals surface area contributed by atoms with Gasteiger partial charge in [0.05, 0.1) is 22.9 Å². The minimum absolute atomic E-state index is 0.0192. The second kappa shape index (κ2) is 10.8. The van der Waals surface area contributed by atoms with Crippen molar-refractivity contribution in [1.29, 1.82) is 0 Å². The molecule has 1 N–H and O–H groups in total. The molecule has 2 unspecified atom stereocenters. The summed E-state index contributed by atoms with van der Waals surface area (Å²) in [6.45, 7) is 9.77. The monoisotopic (exact) mass is 443 g/mol. The van der Waals surface area contributed by atoms with Crippen molar-refractivity contribution in [2.24, 2.45) is 5.92 Å². The van der Waals surface area contributed by atoms with Crippen molar-refractivity contribution in [2.75, 3.05) is 19.7 Å². The molecule has 6 nitrogen and oxygen atoms in total. The summed E-state index contributed by atoms with van der Waals surface area (Å²) < 4.78 is 5.59. The maximum Gasteiger partial charge on any atom is 0.255 e. The van der Waals surface area contributed by atoms with E-state index in [1.54, 1.807) is 29.5 Å². The number of piperidine rings is 1. The Labute approximate surface area is 189 Å². The fraction of sp³-hybridized carbons (Fsp3) is 0.542. The number of ether oxygens (including phenoxy) is 1. The first-order valence-corrected chi connectivity index (χ1v) is 12.1. The molecule has 0 bridgehead atoms. The summed E-state index contributed by atoms with van der Waals surface area (Å²) in [5.41, 5.74) is 1.57. The fourth-order valence-electron chi connectivity index (χ4n) is 3.92. The number of para-hydroxylation sites is 1. The van der Waals surface area contributed by atoms with Crippen LogP contribution in [0.1, 0.15) is 67.5 Å². The minimum atomic E-state index is -0.580. The molecule has 1 saturated heterocycles. The molecule has 2 amide bonds. The van der Waals surface area contributed by atoms with Crippen LogP contribution in [0.3, 0.4) is 0 Å². The third-order valence-electron chi connectivity index (χ3n) is 5.66. The second-order valence-electron chi connectivity index (χ2n) is 8.28. The molecule has 0 saturated carbocycles. The van der Waals surface area contributed by atoms with Crippen molar-refractivity contribution in [3.63, 3.8) is 0 Å². The Balaban J connectivity index is 1.72. The van der Waals surface area contributed by atoms with Gasteiger partial charge in [0.1, 0.15) is 11.8 Å². The van der Waals surface area contributed by atoms with E-state index in [2.05, 4.69) is 17.6 Å². The Morgan fingerprint density at radius 2 is 2.06 bits per heavy atom. The van der Waals surface area contributed by atoms with E-state index in [0.717, 1.165) is 36.5 Å². The third kappa shape index (κ3) is 5.64. The Kier molecular flexibility index (Phi) is 8.07. The Bertz CT molecular complexity index is 896.